The van der Waals surface area contributed by atoms with E-state index < -0.39 is 17.7 Å². The first-order valence-electron chi connectivity index (χ1n) is 5.68. The summed E-state index contributed by atoms with van der Waals surface area (Å²) in [6.07, 6.45) is -3.25. The van der Waals surface area contributed by atoms with Crippen LogP contribution in [-0.2, 0) is 13.1 Å². The molecule has 0 aromatic carbocycles. The van der Waals surface area contributed by atoms with Crippen molar-refractivity contribution in [1.29, 1.82) is 0 Å². The van der Waals surface area contributed by atoms with Crippen molar-refractivity contribution in [3.63, 3.8) is 0 Å². The number of tetrazole rings is 1. The van der Waals surface area contributed by atoms with Gasteiger partial charge in [0.2, 0.25) is 0 Å². The number of aryl methyl sites for hydroxylation is 1. The lowest BCUT2D eigenvalue weighted by Gasteiger charge is -2.02. The predicted molar refractivity (Wildman–Crippen MR) is 57.6 cm³/mol. The van der Waals surface area contributed by atoms with Crippen LogP contribution in [0.1, 0.15) is 29.7 Å². The van der Waals surface area contributed by atoms with E-state index in [-0.39, 0.29) is 6.54 Å². The molecule has 8 nitrogen and oxygen atoms in total. The van der Waals surface area contributed by atoms with Crippen molar-refractivity contribution >= 4 is 5.78 Å². The molecule has 0 aliphatic carbocycles. The fourth-order valence-electron chi connectivity index (χ4n) is 1.49. The van der Waals surface area contributed by atoms with Gasteiger partial charge in [0.05, 0.1) is 6.20 Å². The second-order valence-corrected chi connectivity index (χ2v) is 3.95. The number of ketones is 1. The number of alkyl halides is 3. The zero-order valence-corrected chi connectivity index (χ0v) is 10.4. The highest BCUT2D eigenvalue weighted by atomic mass is 19.4. The van der Waals surface area contributed by atoms with E-state index in [9.17, 15) is 18.0 Å². The van der Waals surface area contributed by atoms with Crippen LogP contribution in [-0.4, -0.2) is 47.2 Å². The molecule has 2 aromatic heterocycles. The van der Waals surface area contributed by atoms with Crippen LogP contribution < -0.4 is 0 Å². The zero-order valence-electron chi connectivity index (χ0n) is 10.4. The number of rotatable bonds is 5. The number of nitrogens with zero attached hydrogens (tertiary/aromatic N) is 7. The molecule has 0 unspecified atom stereocenters. The zero-order chi connectivity index (χ0) is 14.8. The first kappa shape index (κ1) is 14.1. The van der Waals surface area contributed by atoms with E-state index in [1.54, 1.807) is 0 Å². The molecule has 0 aliphatic rings. The normalized spacial score (nSPS) is 11.8. The molecule has 11 heteroatoms. The van der Waals surface area contributed by atoms with Crippen LogP contribution in [0.25, 0.3) is 0 Å². The maximum atomic E-state index is 12.2. The molecule has 0 saturated heterocycles. The Morgan fingerprint density at radius 3 is 2.70 bits per heavy atom. The van der Waals surface area contributed by atoms with Gasteiger partial charge in [0.15, 0.2) is 11.5 Å². The maximum absolute atomic E-state index is 12.2. The Morgan fingerprint density at radius 1 is 1.30 bits per heavy atom. The third-order valence-electron chi connectivity index (χ3n) is 2.37. The second-order valence-electron chi connectivity index (χ2n) is 3.95. The minimum absolute atomic E-state index is 0.0329. The van der Waals surface area contributed by atoms with Gasteiger partial charge in [-0.2, -0.15) is 13.2 Å². The van der Waals surface area contributed by atoms with E-state index in [1.165, 1.54) is 4.68 Å². The lowest BCUT2D eigenvalue weighted by atomic mass is 10.3. The van der Waals surface area contributed by atoms with Crippen LogP contribution >= 0.6 is 0 Å². The number of carbonyl (C=O) groups excluding carboxylic acids is 1. The van der Waals surface area contributed by atoms with Gasteiger partial charge in [-0.15, -0.1) is 10.2 Å². The molecule has 2 rings (SSSR count). The molecule has 0 atom stereocenters. The summed E-state index contributed by atoms with van der Waals surface area (Å²) in [6, 6.07) is 0. The van der Waals surface area contributed by atoms with Gasteiger partial charge in [0.1, 0.15) is 6.54 Å². The third-order valence-corrected chi connectivity index (χ3v) is 2.37. The van der Waals surface area contributed by atoms with Crippen LogP contribution in [0, 0.1) is 0 Å². The Kier molecular flexibility index (Phi) is 3.77. The summed E-state index contributed by atoms with van der Waals surface area (Å²) in [5, 5.41) is 17.6. The Bertz CT molecular complexity index is 603. The van der Waals surface area contributed by atoms with Gasteiger partial charge < -0.3 is 0 Å². The van der Waals surface area contributed by atoms with E-state index in [0.717, 1.165) is 17.3 Å². The summed E-state index contributed by atoms with van der Waals surface area (Å²) in [5.74, 6) is -1.61. The molecule has 0 saturated carbocycles. The minimum atomic E-state index is -4.97. The van der Waals surface area contributed by atoms with E-state index in [2.05, 4.69) is 25.8 Å². The van der Waals surface area contributed by atoms with Crippen LogP contribution in [0.4, 0.5) is 13.2 Å². The SMILES string of the molecule is CCCn1nnnc1Cn1cc(C(=O)C(F)(F)F)nn1. The van der Waals surface area contributed by atoms with Gasteiger partial charge in [0, 0.05) is 6.54 Å². The quantitative estimate of drug-likeness (QED) is 0.743. The summed E-state index contributed by atoms with van der Waals surface area (Å²) in [4.78, 5) is 11.0. The highest BCUT2D eigenvalue weighted by molar-refractivity contribution is 5.98. The molecule has 0 N–H and O–H groups in total. The number of aromatic nitrogens is 7. The van der Waals surface area contributed by atoms with Crippen molar-refractivity contribution in [3.8, 4) is 0 Å². The Balaban J connectivity index is 2.14. The second kappa shape index (κ2) is 5.35. The van der Waals surface area contributed by atoms with Crippen LogP contribution in [0.5, 0.6) is 0 Å². The monoisotopic (exact) mass is 289 g/mol. The summed E-state index contributed by atoms with van der Waals surface area (Å²) in [6.45, 7) is 2.54. The Hall–Kier alpha value is -2.33. The first-order chi connectivity index (χ1) is 9.41. The Labute approximate surface area is 110 Å². The third kappa shape index (κ3) is 2.97. The molecular formula is C9H10F3N7O. The van der Waals surface area contributed by atoms with Crippen LogP contribution in [0.2, 0.25) is 0 Å². The van der Waals surface area contributed by atoms with Gasteiger partial charge in [-0.3, -0.25) is 4.79 Å². The van der Waals surface area contributed by atoms with Crippen LogP contribution in [0.15, 0.2) is 6.20 Å². The van der Waals surface area contributed by atoms with Gasteiger partial charge in [0.25, 0.3) is 5.78 Å². The summed E-state index contributed by atoms with van der Waals surface area (Å²) in [7, 11) is 0. The summed E-state index contributed by atoms with van der Waals surface area (Å²) >= 11 is 0. The predicted octanol–water partition coefficient (Wildman–Crippen LogP) is 0.468. The fourth-order valence-corrected chi connectivity index (χ4v) is 1.49. The average molecular weight is 289 g/mol. The highest BCUT2D eigenvalue weighted by Gasteiger charge is 2.41. The molecule has 108 valence electrons. The van der Waals surface area contributed by atoms with Crippen molar-refractivity contribution in [1.82, 2.24) is 35.2 Å². The molecule has 2 aromatic rings. The largest absolute Gasteiger partial charge is 0.456 e. The van der Waals surface area contributed by atoms with Gasteiger partial charge >= 0.3 is 6.18 Å². The van der Waals surface area contributed by atoms with E-state index in [1.807, 2.05) is 6.92 Å². The molecular weight excluding hydrogens is 279 g/mol. The van der Waals surface area contributed by atoms with Gasteiger partial charge in [-0.1, -0.05) is 12.1 Å². The number of hydrogen-bond donors (Lipinski definition) is 0. The fraction of sp³-hybridized carbons (Fsp3) is 0.556. The summed E-state index contributed by atoms with van der Waals surface area (Å²) < 4.78 is 39.3. The lowest BCUT2D eigenvalue weighted by Crippen LogP contribution is -2.23. The number of Topliss-reactive ketones (excluding diaryl/α,β-unsaturated/α-hetero) is 1. The van der Waals surface area contributed by atoms with E-state index >= 15 is 0 Å². The molecule has 2 heterocycles. The Morgan fingerprint density at radius 2 is 2.05 bits per heavy atom. The number of hydrogen-bond acceptors (Lipinski definition) is 6. The molecule has 0 bridgehead atoms. The highest BCUT2D eigenvalue weighted by Crippen LogP contribution is 2.19. The minimum Gasteiger partial charge on any atom is -0.282 e. The number of carbonyl (C=O) groups is 1. The number of halogens is 3. The van der Waals surface area contributed by atoms with E-state index in [0.29, 0.717) is 12.4 Å². The summed E-state index contributed by atoms with van der Waals surface area (Å²) in [5.41, 5.74) is -0.757. The van der Waals surface area contributed by atoms with Crippen molar-refractivity contribution in [3.05, 3.63) is 17.7 Å². The molecule has 0 fully saturated rings. The van der Waals surface area contributed by atoms with Gasteiger partial charge in [-0.05, 0) is 16.8 Å². The van der Waals surface area contributed by atoms with Crippen molar-refractivity contribution in [2.75, 3.05) is 0 Å². The van der Waals surface area contributed by atoms with Crippen LogP contribution in [0.3, 0.4) is 0 Å². The van der Waals surface area contributed by atoms with E-state index in [4.69, 9.17) is 0 Å². The standard InChI is InChI=1S/C9H10F3N7O/c1-2-3-19-7(14-15-17-19)5-18-4-6(13-16-18)8(20)9(10,11)12/h4H,2-3,5H2,1H3. The molecule has 0 spiro atoms. The van der Waals surface area contributed by atoms with Gasteiger partial charge in [-0.25, -0.2) is 9.36 Å². The smallest absolute Gasteiger partial charge is 0.282 e. The topological polar surface area (TPSA) is 91.4 Å². The molecule has 0 amide bonds. The molecule has 0 aliphatic heterocycles. The van der Waals surface area contributed by atoms with Crippen molar-refractivity contribution in [2.24, 2.45) is 0 Å². The maximum Gasteiger partial charge on any atom is 0.456 e. The lowest BCUT2D eigenvalue weighted by molar-refractivity contribution is -0.0888. The molecule has 20 heavy (non-hydrogen) atoms. The van der Waals surface area contributed by atoms with Crippen molar-refractivity contribution < 1.29 is 18.0 Å². The average Bonchev–Trinajstić information content (AvgIpc) is 2.98. The molecule has 0 radical (unpaired) electrons. The first-order valence-corrected chi connectivity index (χ1v) is 5.68. The van der Waals surface area contributed by atoms with Crippen molar-refractivity contribution in [2.45, 2.75) is 32.6 Å².